The molecule has 246 valence electrons. The van der Waals surface area contributed by atoms with Gasteiger partial charge in [0.1, 0.15) is 5.41 Å². The number of carbonyl (C=O) groups excluding carboxylic acids is 6. The second-order valence-corrected chi connectivity index (χ2v) is 10.3. The third-order valence-corrected chi connectivity index (χ3v) is 7.18. The SMILES string of the molecule is COC(=O)/C=C(\C(=O)OC)C1(CCC=C(C)CCC=C(C)C)C=CC(C(=O)OC)(/C(=C/C(=O)OC)C(=O)OC)C(C(=O)OC)=C1. The fraction of sp³-hybridized carbons (Fsp3) is 0.455. The van der Waals surface area contributed by atoms with Crippen LogP contribution in [-0.4, -0.2) is 78.5 Å². The second kappa shape index (κ2) is 17.5. The van der Waals surface area contributed by atoms with Crippen LogP contribution in [-0.2, 0) is 57.2 Å². The van der Waals surface area contributed by atoms with Gasteiger partial charge >= 0.3 is 35.8 Å². The summed E-state index contributed by atoms with van der Waals surface area (Å²) >= 11 is 0. The normalized spacial score (nSPS) is 19.8. The molecule has 0 radical (unpaired) electrons. The Hall–Kier alpha value is -4.74. The molecule has 45 heavy (non-hydrogen) atoms. The molecule has 0 saturated carbocycles. The summed E-state index contributed by atoms with van der Waals surface area (Å²) in [5.41, 5.74) is -3.11. The highest BCUT2D eigenvalue weighted by Crippen LogP contribution is 2.50. The Morgan fingerprint density at radius 3 is 1.71 bits per heavy atom. The van der Waals surface area contributed by atoms with Crippen molar-refractivity contribution < 1.29 is 57.2 Å². The first-order valence-corrected chi connectivity index (χ1v) is 13.9. The number of ether oxygens (including phenoxy) is 6. The Morgan fingerprint density at radius 2 is 1.22 bits per heavy atom. The van der Waals surface area contributed by atoms with E-state index in [4.69, 9.17) is 23.7 Å². The van der Waals surface area contributed by atoms with E-state index in [0.717, 1.165) is 73.2 Å². The lowest BCUT2D eigenvalue weighted by Crippen LogP contribution is -2.45. The molecule has 0 aromatic heterocycles. The third-order valence-electron chi connectivity index (χ3n) is 7.18. The van der Waals surface area contributed by atoms with Gasteiger partial charge in [-0.25, -0.2) is 24.0 Å². The van der Waals surface area contributed by atoms with Crippen molar-refractivity contribution in [3.63, 3.8) is 0 Å². The number of esters is 6. The second-order valence-electron chi connectivity index (χ2n) is 10.3. The maximum atomic E-state index is 13.6. The molecule has 0 N–H and O–H groups in total. The molecule has 2 unspecified atom stereocenters. The molecule has 1 rings (SSSR count). The molecule has 1 aliphatic rings. The maximum absolute atomic E-state index is 13.6. The molecule has 0 saturated heterocycles. The number of carbonyl (C=O) groups is 6. The average Bonchev–Trinajstić information content (AvgIpc) is 3.04. The summed E-state index contributed by atoms with van der Waals surface area (Å²) in [7, 11) is 6.34. The monoisotopic (exact) mass is 630 g/mol. The van der Waals surface area contributed by atoms with Crippen LogP contribution in [0.1, 0.15) is 46.5 Å². The molecule has 0 spiro atoms. The van der Waals surface area contributed by atoms with E-state index in [1.54, 1.807) is 0 Å². The van der Waals surface area contributed by atoms with Gasteiger partial charge in [0.15, 0.2) is 0 Å². The van der Waals surface area contributed by atoms with Crippen molar-refractivity contribution in [3.8, 4) is 0 Å². The van der Waals surface area contributed by atoms with E-state index >= 15 is 0 Å². The van der Waals surface area contributed by atoms with Crippen molar-refractivity contribution >= 4 is 35.8 Å². The summed E-state index contributed by atoms with van der Waals surface area (Å²) in [5, 5.41) is 0. The summed E-state index contributed by atoms with van der Waals surface area (Å²) in [6, 6.07) is 0. The minimum atomic E-state index is -2.39. The fourth-order valence-electron chi connectivity index (χ4n) is 4.79. The lowest BCUT2D eigenvalue weighted by Gasteiger charge is -2.39. The predicted octanol–water partition coefficient (Wildman–Crippen LogP) is 3.82. The van der Waals surface area contributed by atoms with Gasteiger partial charge in [-0.2, -0.15) is 0 Å². The molecule has 0 aromatic rings. The Morgan fingerprint density at radius 1 is 0.667 bits per heavy atom. The summed E-state index contributed by atoms with van der Waals surface area (Å²) < 4.78 is 29.3. The van der Waals surface area contributed by atoms with Crippen molar-refractivity contribution in [3.05, 3.63) is 70.4 Å². The Kier molecular flexibility index (Phi) is 14.9. The minimum absolute atomic E-state index is 0.0768. The van der Waals surface area contributed by atoms with Crippen LogP contribution in [0.4, 0.5) is 0 Å². The van der Waals surface area contributed by atoms with Gasteiger partial charge in [0.2, 0.25) is 0 Å². The zero-order valence-corrected chi connectivity index (χ0v) is 27.3. The van der Waals surface area contributed by atoms with E-state index in [1.165, 1.54) is 17.7 Å². The van der Waals surface area contributed by atoms with Crippen LogP contribution in [0.5, 0.6) is 0 Å². The third kappa shape index (κ3) is 9.37. The van der Waals surface area contributed by atoms with E-state index in [0.29, 0.717) is 12.5 Å². The molecule has 0 fully saturated rings. The molecule has 0 bridgehead atoms. The summed E-state index contributed by atoms with van der Waals surface area (Å²) in [6.07, 6.45) is 11.4. The van der Waals surface area contributed by atoms with Crippen LogP contribution in [0.25, 0.3) is 0 Å². The van der Waals surface area contributed by atoms with Crippen LogP contribution in [0.2, 0.25) is 0 Å². The van der Waals surface area contributed by atoms with Gasteiger partial charge in [-0.05, 0) is 46.5 Å². The Labute approximate surface area is 263 Å². The van der Waals surface area contributed by atoms with E-state index in [2.05, 4.69) is 10.8 Å². The predicted molar refractivity (Wildman–Crippen MR) is 162 cm³/mol. The van der Waals surface area contributed by atoms with Gasteiger partial charge in [0, 0.05) is 17.6 Å². The first-order chi connectivity index (χ1) is 21.2. The van der Waals surface area contributed by atoms with Crippen molar-refractivity contribution in [2.24, 2.45) is 10.8 Å². The number of methoxy groups -OCH3 is 6. The van der Waals surface area contributed by atoms with Crippen molar-refractivity contribution in [1.29, 1.82) is 0 Å². The highest BCUT2D eigenvalue weighted by molar-refractivity contribution is 6.11. The van der Waals surface area contributed by atoms with Crippen LogP contribution in [0.3, 0.4) is 0 Å². The summed E-state index contributed by atoms with van der Waals surface area (Å²) in [5.74, 6) is -6.29. The molecule has 12 nitrogen and oxygen atoms in total. The molecule has 0 heterocycles. The highest BCUT2D eigenvalue weighted by atomic mass is 16.5. The van der Waals surface area contributed by atoms with Crippen LogP contribution in [0.15, 0.2) is 70.4 Å². The van der Waals surface area contributed by atoms with Crippen molar-refractivity contribution in [2.75, 3.05) is 42.7 Å². The van der Waals surface area contributed by atoms with E-state index in [-0.39, 0.29) is 12.0 Å². The topological polar surface area (TPSA) is 158 Å². The molecule has 0 aromatic carbocycles. The first kappa shape index (κ1) is 38.3. The lowest BCUT2D eigenvalue weighted by atomic mass is 9.62. The molecule has 0 amide bonds. The number of hydrogen-bond acceptors (Lipinski definition) is 12. The molecular weight excluding hydrogens is 588 g/mol. The summed E-state index contributed by atoms with van der Waals surface area (Å²) in [6.45, 7) is 5.96. The molecule has 0 aliphatic heterocycles. The van der Waals surface area contributed by atoms with Gasteiger partial charge in [-0.15, -0.1) is 0 Å². The Bertz CT molecular complexity index is 1350. The Balaban J connectivity index is 4.21. The molecule has 12 heteroatoms. The number of hydrogen-bond donors (Lipinski definition) is 0. The van der Waals surface area contributed by atoms with E-state index in [1.807, 2.05) is 26.8 Å². The highest BCUT2D eigenvalue weighted by Gasteiger charge is 2.55. The standard InChI is InChI=1S/C33H42O12/c1-21(2)12-10-13-22(3)14-11-15-32(23(28(36)42-6)18-26(34)40-4)16-17-33(31(39)45-9,25(20-32)30(38)44-8)24(29(37)43-7)19-27(35)41-5/h12,14,16-20H,10-11,13,15H2,1-9H3/b22-14?,23-18+,24-19+. The minimum Gasteiger partial charge on any atom is -0.468 e. The van der Waals surface area contributed by atoms with E-state index in [9.17, 15) is 28.8 Å². The van der Waals surface area contributed by atoms with Crippen LogP contribution < -0.4 is 0 Å². The zero-order chi connectivity index (χ0) is 34.4. The lowest BCUT2D eigenvalue weighted by molar-refractivity contribution is -0.152. The smallest absolute Gasteiger partial charge is 0.335 e. The summed E-state index contributed by atoms with van der Waals surface area (Å²) in [4.78, 5) is 78.2. The number of allylic oxidation sites excluding steroid dienone is 6. The molecular formula is C33H42O12. The first-order valence-electron chi connectivity index (χ1n) is 13.9. The largest absolute Gasteiger partial charge is 0.468 e. The number of rotatable bonds is 14. The van der Waals surface area contributed by atoms with Gasteiger partial charge in [0.25, 0.3) is 0 Å². The molecule has 1 aliphatic carbocycles. The molecule has 2 atom stereocenters. The zero-order valence-electron chi connectivity index (χ0n) is 27.3. The quantitative estimate of drug-likeness (QED) is 0.118. The van der Waals surface area contributed by atoms with Gasteiger partial charge in [0.05, 0.1) is 59.4 Å². The van der Waals surface area contributed by atoms with Gasteiger partial charge in [-0.1, -0.05) is 41.5 Å². The van der Waals surface area contributed by atoms with Crippen LogP contribution >= 0.6 is 0 Å². The van der Waals surface area contributed by atoms with E-state index < -0.39 is 57.8 Å². The maximum Gasteiger partial charge on any atom is 0.335 e. The van der Waals surface area contributed by atoms with Crippen molar-refractivity contribution in [2.45, 2.75) is 46.5 Å². The van der Waals surface area contributed by atoms with Crippen LogP contribution in [0, 0.1) is 10.8 Å². The van der Waals surface area contributed by atoms with Crippen molar-refractivity contribution in [1.82, 2.24) is 0 Å². The van der Waals surface area contributed by atoms with Gasteiger partial charge in [-0.3, -0.25) is 4.79 Å². The van der Waals surface area contributed by atoms with Gasteiger partial charge < -0.3 is 28.4 Å². The fourth-order valence-corrected chi connectivity index (χ4v) is 4.79. The average molecular weight is 631 g/mol.